The molecule has 134 valence electrons. The van der Waals surface area contributed by atoms with E-state index in [-0.39, 0.29) is 19.2 Å². The monoisotopic (exact) mass is 361 g/mol. The Bertz CT molecular complexity index is 732. The number of carbonyl (C=O) groups excluding carboxylic acids is 1. The number of nitrogens with one attached hydrogen (secondary N) is 1. The minimum absolute atomic E-state index is 0.200. The molecule has 0 amide bonds. The molecule has 1 saturated heterocycles. The quantitative estimate of drug-likeness (QED) is 0.461. The van der Waals surface area contributed by atoms with Crippen LogP contribution in [0.4, 0.5) is 5.69 Å². The molecule has 2 heterocycles. The summed E-state index contributed by atoms with van der Waals surface area (Å²) >= 11 is 5.66. The van der Waals surface area contributed by atoms with Gasteiger partial charge in [-0.3, -0.25) is 10.3 Å². The van der Waals surface area contributed by atoms with Crippen LogP contribution in [-0.4, -0.2) is 45.6 Å². The highest BCUT2D eigenvalue weighted by atomic mass is 32.1. The predicted octanol–water partition coefficient (Wildman–Crippen LogP) is 2.68. The number of hydrogen-bond acceptors (Lipinski definition) is 5. The summed E-state index contributed by atoms with van der Waals surface area (Å²) in [7, 11) is 0. The van der Waals surface area contributed by atoms with Crippen LogP contribution in [0.1, 0.15) is 49.0 Å². The van der Waals surface area contributed by atoms with Crippen molar-refractivity contribution in [3.05, 3.63) is 29.3 Å². The van der Waals surface area contributed by atoms with Gasteiger partial charge in [0, 0.05) is 18.7 Å². The van der Waals surface area contributed by atoms with E-state index in [2.05, 4.69) is 4.90 Å². The number of thiocarbonyl (C=S) groups is 1. The second-order valence-electron chi connectivity index (χ2n) is 6.88. The second-order valence-corrected chi connectivity index (χ2v) is 7.24. The summed E-state index contributed by atoms with van der Waals surface area (Å²) in [6.45, 7) is 5.20. The lowest BCUT2D eigenvalue weighted by molar-refractivity contribution is 0.0535. The Morgan fingerprint density at radius 2 is 2.08 bits per heavy atom. The Morgan fingerprint density at radius 1 is 1.32 bits per heavy atom. The van der Waals surface area contributed by atoms with Gasteiger partial charge in [0.15, 0.2) is 5.11 Å². The van der Waals surface area contributed by atoms with Crippen molar-refractivity contribution in [2.45, 2.75) is 45.3 Å². The molecule has 1 aromatic rings. The van der Waals surface area contributed by atoms with E-state index in [1.807, 2.05) is 26.0 Å². The van der Waals surface area contributed by atoms with Gasteiger partial charge in [-0.15, -0.1) is 0 Å². The smallest absolute Gasteiger partial charge is 0.338 e. The van der Waals surface area contributed by atoms with Gasteiger partial charge in [0.2, 0.25) is 0 Å². The molecule has 0 radical (unpaired) electrons. The number of carbonyl (C=O) groups is 1. The number of unbranched alkanes of at least 4 members (excludes halogenated alkanes) is 2. The van der Waals surface area contributed by atoms with Gasteiger partial charge in [0.05, 0.1) is 16.8 Å². The predicted molar refractivity (Wildman–Crippen MR) is 100 cm³/mol. The number of hydrogen-bond donors (Lipinski definition) is 2. The van der Waals surface area contributed by atoms with E-state index in [1.54, 1.807) is 11.0 Å². The number of amidine groups is 1. The average molecular weight is 361 g/mol. The molecule has 0 saturated carbocycles. The lowest BCUT2D eigenvalue weighted by atomic mass is 10.0. The van der Waals surface area contributed by atoms with Crippen LogP contribution in [0.5, 0.6) is 0 Å². The van der Waals surface area contributed by atoms with Gasteiger partial charge < -0.3 is 14.7 Å². The van der Waals surface area contributed by atoms with Crippen LogP contribution in [-0.2, 0) is 11.3 Å². The number of cyclic esters (lactones) is 1. The van der Waals surface area contributed by atoms with Crippen molar-refractivity contribution in [1.82, 2.24) is 4.90 Å². The van der Waals surface area contributed by atoms with Crippen LogP contribution in [0.25, 0.3) is 0 Å². The molecule has 0 aliphatic carbocycles. The van der Waals surface area contributed by atoms with Crippen LogP contribution in [0.2, 0.25) is 0 Å². The lowest BCUT2D eigenvalue weighted by Crippen LogP contribution is -2.44. The first-order valence-corrected chi connectivity index (χ1v) is 8.90. The maximum Gasteiger partial charge on any atom is 0.338 e. The summed E-state index contributed by atoms with van der Waals surface area (Å²) in [5.41, 5.74) is 1.71. The zero-order valence-corrected chi connectivity index (χ0v) is 15.4. The molecule has 0 atom stereocenters. The molecule has 2 aliphatic heterocycles. The maximum absolute atomic E-state index is 11.6. The van der Waals surface area contributed by atoms with E-state index < -0.39 is 5.54 Å². The molecule has 0 unspecified atom stereocenters. The molecule has 1 aromatic carbocycles. The molecule has 1 fully saturated rings. The highest BCUT2D eigenvalue weighted by Gasteiger charge is 2.46. The van der Waals surface area contributed by atoms with Gasteiger partial charge in [-0.25, -0.2) is 4.79 Å². The third-order valence-corrected chi connectivity index (χ3v) is 5.27. The van der Waals surface area contributed by atoms with E-state index in [0.717, 1.165) is 37.1 Å². The SMILES string of the molecule is CC1(C)C(=N)N(c2ccc3c(c2)COC3=O)C(=S)N1CCCCCO. The minimum atomic E-state index is -0.498. The molecule has 0 aromatic heterocycles. The summed E-state index contributed by atoms with van der Waals surface area (Å²) < 4.78 is 5.06. The van der Waals surface area contributed by atoms with Crippen LogP contribution in [0.3, 0.4) is 0 Å². The zero-order valence-electron chi connectivity index (χ0n) is 14.5. The average Bonchev–Trinajstić information content (AvgIpc) is 3.02. The lowest BCUT2D eigenvalue weighted by Gasteiger charge is -2.30. The number of aliphatic hydroxyl groups is 1. The normalized spacial score (nSPS) is 18.8. The van der Waals surface area contributed by atoms with E-state index in [0.29, 0.717) is 16.5 Å². The highest BCUT2D eigenvalue weighted by Crippen LogP contribution is 2.34. The molecular weight excluding hydrogens is 338 g/mol. The number of ether oxygens (including phenoxy) is 1. The molecule has 7 heteroatoms. The fraction of sp³-hybridized carbons (Fsp3) is 0.500. The van der Waals surface area contributed by atoms with Crippen LogP contribution in [0.15, 0.2) is 18.2 Å². The van der Waals surface area contributed by atoms with Crippen molar-refractivity contribution in [2.24, 2.45) is 0 Å². The number of benzene rings is 1. The molecule has 0 spiro atoms. The molecule has 2 aliphatic rings. The first-order chi connectivity index (χ1) is 11.9. The number of aliphatic hydroxyl groups excluding tert-OH is 1. The van der Waals surface area contributed by atoms with E-state index in [9.17, 15) is 4.79 Å². The van der Waals surface area contributed by atoms with Crippen LogP contribution < -0.4 is 4.90 Å². The number of fused-ring (bicyclic) bond motifs is 1. The molecule has 0 bridgehead atoms. The van der Waals surface area contributed by atoms with Crippen molar-refractivity contribution in [3.8, 4) is 0 Å². The Balaban J connectivity index is 1.84. The van der Waals surface area contributed by atoms with Gasteiger partial charge in [-0.2, -0.15) is 0 Å². The Labute approximate surface area is 152 Å². The van der Waals surface area contributed by atoms with Crippen molar-refractivity contribution in [1.29, 1.82) is 5.41 Å². The number of nitrogens with zero attached hydrogens (tertiary/aromatic N) is 2. The fourth-order valence-electron chi connectivity index (χ4n) is 3.29. The number of esters is 1. The molecule has 6 nitrogen and oxygen atoms in total. The van der Waals surface area contributed by atoms with Gasteiger partial charge in [0.25, 0.3) is 0 Å². The van der Waals surface area contributed by atoms with Crippen molar-refractivity contribution in [2.75, 3.05) is 18.1 Å². The third kappa shape index (κ3) is 3.02. The summed E-state index contributed by atoms with van der Waals surface area (Å²) in [6.07, 6.45) is 2.62. The Hall–Kier alpha value is -1.99. The molecule has 25 heavy (non-hydrogen) atoms. The largest absolute Gasteiger partial charge is 0.457 e. The van der Waals surface area contributed by atoms with Gasteiger partial charge in [-0.1, -0.05) is 0 Å². The van der Waals surface area contributed by atoms with Gasteiger partial charge >= 0.3 is 5.97 Å². The van der Waals surface area contributed by atoms with Gasteiger partial charge in [0.1, 0.15) is 12.4 Å². The molecular formula is C18H23N3O3S. The van der Waals surface area contributed by atoms with Crippen LogP contribution in [0, 0.1) is 5.41 Å². The topological polar surface area (TPSA) is 76.9 Å². The Morgan fingerprint density at radius 3 is 2.80 bits per heavy atom. The first kappa shape index (κ1) is 17.8. The summed E-state index contributed by atoms with van der Waals surface area (Å²) in [5, 5.41) is 18.1. The third-order valence-electron chi connectivity index (χ3n) is 4.87. The van der Waals surface area contributed by atoms with Crippen molar-refractivity contribution < 1.29 is 14.6 Å². The zero-order chi connectivity index (χ0) is 18.2. The summed E-state index contributed by atoms with van der Waals surface area (Å²) in [5.74, 6) is 0.122. The van der Waals surface area contributed by atoms with Crippen LogP contribution >= 0.6 is 12.2 Å². The highest BCUT2D eigenvalue weighted by molar-refractivity contribution is 7.80. The van der Waals surface area contributed by atoms with E-state index in [1.165, 1.54) is 0 Å². The summed E-state index contributed by atoms with van der Waals surface area (Å²) in [6, 6.07) is 5.44. The number of rotatable bonds is 6. The first-order valence-electron chi connectivity index (χ1n) is 8.49. The standard InChI is InChI=1S/C18H23N3O3S/c1-18(2)16(19)21(17(25)20(18)8-4-3-5-9-22)13-6-7-14-12(10-13)11-24-15(14)23/h6-7,10,19,22H,3-5,8-9,11H2,1-2H3. The Kier molecular flexibility index (Phi) is 4.79. The fourth-order valence-corrected chi connectivity index (χ4v) is 3.81. The summed E-state index contributed by atoms with van der Waals surface area (Å²) in [4.78, 5) is 15.5. The maximum atomic E-state index is 11.6. The van der Waals surface area contributed by atoms with Crippen molar-refractivity contribution >= 4 is 34.8 Å². The van der Waals surface area contributed by atoms with E-state index in [4.69, 9.17) is 27.5 Å². The number of anilines is 1. The minimum Gasteiger partial charge on any atom is -0.457 e. The molecule has 2 N–H and O–H groups in total. The second kappa shape index (κ2) is 6.72. The van der Waals surface area contributed by atoms with Crippen molar-refractivity contribution in [3.63, 3.8) is 0 Å². The van der Waals surface area contributed by atoms with Gasteiger partial charge in [-0.05, 0) is 63.5 Å². The van der Waals surface area contributed by atoms with E-state index >= 15 is 0 Å². The molecule has 3 rings (SSSR count).